The number of hydrogen-bond acceptors (Lipinski definition) is 4. The highest BCUT2D eigenvalue weighted by atomic mass is 16.5. The van der Waals surface area contributed by atoms with Crippen LogP contribution >= 0.6 is 0 Å². The second-order valence-corrected chi connectivity index (χ2v) is 5.20. The maximum atomic E-state index is 9.40. The molecular weight excluding hydrogens is 266 g/mol. The normalized spacial score (nSPS) is 11.6. The number of hydrogen-bond donors (Lipinski definition) is 1. The van der Waals surface area contributed by atoms with Crippen LogP contribution in [0.3, 0.4) is 0 Å². The predicted molar refractivity (Wildman–Crippen MR) is 82.3 cm³/mol. The van der Waals surface area contributed by atoms with Crippen LogP contribution in [-0.4, -0.2) is 33.4 Å². The Kier molecular flexibility index (Phi) is 3.61. The van der Waals surface area contributed by atoms with Crippen molar-refractivity contribution in [1.29, 1.82) is 0 Å². The molecule has 0 unspecified atom stereocenters. The highest BCUT2D eigenvalue weighted by molar-refractivity contribution is 6.05. The number of nitrogens with zero attached hydrogens (tertiary/aromatic N) is 3. The smallest absolute Gasteiger partial charge is 0.136 e. The third-order valence-electron chi connectivity index (χ3n) is 3.76. The lowest BCUT2D eigenvalue weighted by Gasteiger charge is -2.10. The van der Waals surface area contributed by atoms with E-state index in [1.807, 2.05) is 23.6 Å². The van der Waals surface area contributed by atoms with Gasteiger partial charge in [-0.05, 0) is 25.5 Å². The van der Waals surface area contributed by atoms with Crippen LogP contribution in [0.5, 0.6) is 0 Å². The molecule has 5 heteroatoms. The van der Waals surface area contributed by atoms with Gasteiger partial charge >= 0.3 is 0 Å². The van der Waals surface area contributed by atoms with Gasteiger partial charge in [0.25, 0.3) is 0 Å². The van der Waals surface area contributed by atoms with E-state index in [0.29, 0.717) is 13.2 Å². The maximum Gasteiger partial charge on any atom is 0.136 e. The Labute approximate surface area is 123 Å². The number of aryl methyl sites for hydroxylation is 2. The minimum absolute atomic E-state index is 0.0664. The summed E-state index contributed by atoms with van der Waals surface area (Å²) in [7, 11) is 1.65. The van der Waals surface area contributed by atoms with Gasteiger partial charge in [-0.3, -0.25) is 4.98 Å². The Hall–Kier alpha value is -1.98. The van der Waals surface area contributed by atoms with Crippen LogP contribution in [0.15, 0.2) is 18.2 Å². The molecular formula is C16H19N3O2. The van der Waals surface area contributed by atoms with E-state index in [1.165, 1.54) is 0 Å². The van der Waals surface area contributed by atoms with E-state index >= 15 is 0 Å². The van der Waals surface area contributed by atoms with Crippen LogP contribution in [0.25, 0.3) is 21.9 Å². The zero-order valence-corrected chi connectivity index (χ0v) is 12.6. The molecule has 0 aliphatic heterocycles. The Morgan fingerprint density at radius 1 is 1.24 bits per heavy atom. The molecule has 0 radical (unpaired) electrons. The van der Waals surface area contributed by atoms with Gasteiger partial charge in [-0.2, -0.15) is 0 Å². The lowest BCUT2D eigenvalue weighted by molar-refractivity contribution is 0.172. The van der Waals surface area contributed by atoms with Gasteiger partial charge < -0.3 is 14.4 Å². The average molecular weight is 285 g/mol. The molecule has 3 aromatic rings. The fourth-order valence-electron chi connectivity index (χ4n) is 2.87. The number of imidazole rings is 1. The Bertz CT molecular complexity index is 808. The molecule has 21 heavy (non-hydrogen) atoms. The number of aliphatic hydroxyl groups excluding tert-OH is 1. The van der Waals surface area contributed by atoms with Crippen molar-refractivity contribution in [2.45, 2.75) is 27.0 Å². The predicted octanol–water partition coefficient (Wildman–Crippen LogP) is 2.34. The Morgan fingerprint density at radius 3 is 2.76 bits per heavy atom. The lowest BCUT2D eigenvalue weighted by atomic mass is 10.1. The van der Waals surface area contributed by atoms with Gasteiger partial charge in [-0.1, -0.05) is 12.1 Å². The molecule has 0 aliphatic rings. The first-order valence-electron chi connectivity index (χ1n) is 7.02. The summed E-state index contributed by atoms with van der Waals surface area (Å²) < 4.78 is 7.29. The monoisotopic (exact) mass is 285 g/mol. The van der Waals surface area contributed by atoms with Gasteiger partial charge in [-0.15, -0.1) is 0 Å². The van der Waals surface area contributed by atoms with Gasteiger partial charge in [0.2, 0.25) is 0 Å². The summed E-state index contributed by atoms with van der Waals surface area (Å²) in [5, 5.41) is 10.5. The number of aliphatic hydroxyl groups is 1. The van der Waals surface area contributed by atoms with E-state index in [0.717, 1.165) is 39.0 Å². The molecule has 2 heterocycles. The first-order chi connectivity index (χ1) is 10.2. The highest BCUT2D eigenvalue weighted by Crippen LogP contribution is 2.29. The number of benzene rings is 1. The summed E-state index contributed by atoms with van der Waals surface area (Å²) in [6, 6.07) is 6.10. The zero-order chi connectivity index (χ0) is 15.0. The van der Waals surface area contributed by atoms with Crippen LogP contribution in [0.2, 0.25) is 0 Å². The summed E-state index contributed by atoms with van der Waals surface area (Å²) in [4.78, 5) is 9.34. The molecule has 0 spiro atoms. The molecule has 1 N–H and O–H groups in total. The summed E-state index contributed by atoms with van der Waals surface area (Å²) in [5.41, 5.74) is 4.95. The summed E-state index contributed by atoms with van der Waals surface area (Å²) in [6.45, 7) is 5.03. The summed E-state index contributed by atoms with van der Waals surface area (Å²) >= 11 is 0. The Morgan fingerprint density at radius 2 is 2.05 bits per heavy atom. The minimum Gasteiger partial charge on any atom is -0.395 e. The first-order valence-corrected chi connectivity index (χ1v) is 7.02. The lowest BCUT2D eigenvalue weighted by Crippen LogP contribution is -2.08. The van der Waals surface area contributed by atoms with Crippen molar-refractivity contribution < 1.29 is 9.84 Å². The van der Waals surface area contributed by atoms with E-state index in [4.69, 9.17) is 4.74 Å². The molecule has 0 saturated carbocycles. The molecule has 0 amide bonds. The second-order valence-electron chi connectivity index (χ2n) is 5.20. The van der Waals surface area contributed by atoms with Crippen LogP contribution < -0.4 is 0 Å². The molecule has 0 saturated heterocycles. The zero-order valence-electron chi connectivity index (χ0n) is 12.6. The minimum atomic E-state index is 0.0664. The SMILES string of the molecule is COCc1nc2c(C)nc3cccc(C)c3c2n1CCO. The fraction of sp³-hybridized carbons (Fsp3) is 0.375. The standard InChI is InChI=1S/C16H19N3O2/c1-10-5-4-6-12-14(10)16-15(11(2)17-12)18-13(9-21-3)19(16)7-8-20/h4-6,20H,7-9H2,1-3H3. The third-order valence-corrected chi connectivity index (χ3v) is 3.76. The van der Waals surface area contributed by atoms with Crippen LogP contribution in [0.4, 0.5) is 0 Å². The largest absolute Gasteiger partial charge is 0.395 e. The number of fused-ring (bicyclic) bond motifs is 3. The van der Waals surface area contributed by atoms with E-state index in [1.54, 1.807) is 7.11 Å². The van der Waals surface area contributed by atoms with Gasteiger partial charge in [0, 0.05) is 19.0 Å². The topological polar surface area (TPSA) is 60.2 Å². The number of ether oxygens (including phenoxy) is 1. The maximum absolute atomic E-state index is 9.40. The molecule has 1 aromatic carbocycles. The average Bonchev–Trinajstić information content (AvgIpc) is 2.80. The van der Waals surface area contributed by atoms with Crippen molar-refractivity contribution in [2.24, 2.45) is 0 Å². The fourth-order valence-corrected chi connectivity index (χ4v) is 2.87. The first kappa shape index (κ1) is 14.0. The van der Waals surface area contributed by atoms with E-state index < -0.39 is 0 Å². The third kappa shape index (κ3) is 2.18. The molecule has 3 rings (SSSR count). The quantitative estimate of drug-likeness (QED) is 0.799. The van der Waals surface area contributed by atoms with Crippen molar-refractivity contribution in [3.63, 3.8) is 0 Å². The summed E-state index contributed by atoms with van der Waals surface area (Å²) in [5.74, 6) is 0.821. The summed E-state index contributed by atoms with van der Waals surface area (Å²) in [6.07, 6.45) is 0. The molecule has 0 fully saturated rings. The number of rotatable bonds is 4. The van der Waals surface area contributed by atoms with Crippen molar-refractivity contribution in [3.05, 3.63) is 35.3 Å². The van der Waals surface area contributed by atoms with Crippen molar-refractivity contribution in [1.82, 2.24) is 14.5 Å². The number of aromatic nitrogens is 3. The Balaban J connectivity index is 2.47. The molecule has 0 aliphatic carbocycles. The van der Waals surface area contributed by atoms with Crippen molar-refractivity contribution >= 4 is 21.9 Å². The van der Waals surface area contributed by atoms with Gasteiger partial charge in [-0.25, -0.2) is 4.98 Å². The van der Waals surface area contributed by atoms with E-state index in [2.05, 4.69) is 23.0 Å². The van der Waals surface area contributed by atoms with Crippen LogP contribution in [-0.2, 0) is 17.9 Å². The second kappa shape index (κ2) is 5.42. The molecule has 0 atom stereocenters. The van der Waals surface area contributed by atoms with Crippen LogP contribution in [0.1, 0.15) is 17.1 Å². The molecule has 110 valence electrons. The van der Waals surface area contributed by atoms with Gasteiger partial charge in [0.1, 0.15) is 17.9 Å². The van der Waals surface area contributed by atoms with Gasteiger partial charge in [0.15, 0.2) is 0 Å². The van der Waals surface area contributed by atoms with Crippen LogP contribution in [0, 0.1) is 13.8 Å². The van der Waals surface area contributed by atoms with E-state index in [-0.39, 0.29) is 6.61 Å². The van der Waals surface area contributed by atoms with Crippen molar-refractivity contribution in [2.75, 3.05) is 13.7 Å². The number of pyridine rings is 1. The molecule has 0 bridgehead atoms. The number of methoxy groups -OCH3 is 1. The van der Waals surface area contributed by atoms with E-state index in [9.17, 15) is 5.11 Å². The van der Waals surface area contributed by atoms with Gasteiger partial charge in [0.05, 0.1) is 23.3 Å². The molecule has 5 nitrogen and oxygen atoms in total. The van der Waals surface area contributed by atoms with Crippen molar-refractivity contribution in [3.8, 4) is 0 Å². The molecule has 2 aromatic heterocycles. The highest BCUT2D eigenvalue weighted by Gasteiger charge is 2.17.